The van der Waals surface area contributed by atoms with E-state index in [-0.39, 0.29) is 19.8 Å². The van der Waals surface area contributed by atoms with Crippen molar-refractivity contribution in [3.8, 4) is 0 Å². The first kappa shape index (κ1) is 88.4. The van der Waals surface area contributed by atoms with Crippen LogP contribution in [0.15, 0.2) is 4.99 Å². The summed E-state index contributed by atoms with van der Waals surface area (Å²) in [4.78, 5) is 71.5. The van der Waals surface area contributed by atoms with Crippen LogP contribution in [0.4, 0.5) is 24.0 Å². The van der Waals surface area contributed by atoms with Crippen molar-refractivity contribution >= 4 is 47.4 Å². The van der Waals surface area contributed by atoms with E-state index in [1.165, 1.54) is 288 Å². The van der Waals surface area contributed by atoms with Crippen molar-refractivity contribution in [2.45, 2.75) is 324 Å². The van der Waals surface area contributed by atoms with Gasteiger partial charge in [0.2, 0.25) is 6.08 Å². The Morgan fingerprint density at radius 2 is 0.753 bits per heavy atom. The third-order valence-corrected chi connectivity index (χ3v) is 15.5. The van der Waals surface area contributed by atoms with Gasteiger partial charge in [-0.2, -0.15) is 0 Å². The lowest BCUT2D eigenvalue weighted by molar-refractivity contribution is -0.886. The predicted octanol–water partition coefficient (Wildman–Crippen LogP) is 14.8. The van der Waals surface area contributed by atoms with E-state index >= 15 is 0 Å². The average molecular weight is 1250 g/mol. The lowest BCUT2D eigenvalue weighted by Gasteiger charge is -2.12. The highest BCUT2D eigenvalue weighted by Gasteiger charge is 2.16. The van der Waals surface area contributed by atoms with Crippen LogP contribution in [-0.4, -0.2) is 113 Å². The molecular weight excluding hydrogens is 1120 g/mol. The van der Waals surface area contributed by atoms with E-state index in [0.717, 1.165) is 64.2 Å². The molecule has 0 atom stereocenters. The van der Waals surface area contributed by atoms with Gasteiger partial charge in [0.15, 0.2) is 0 Å². The Labute approximate surface area is 532 Å². The van der Waals surface area contributed by atoms with Crippen molar-refractivity contribution in [3.63, 3.8) is 0 Å². The first-order valence-electron chi connectivity index (χ1n) is 34.5. The average Bonchev–Trinajstić information content (AvgIpc) is 4.20. The Kier molecular flexibility index (Phi) is 78.3. The monoisotopic (exact) mass is 1250 g/mol. The molecule has 504 valence electrons. The smallest absolute Gasteiger partial charge is 0.416 e. The lowest BCUT2D eigenvalue weighted by atomic mass is 10.0. The number of carbonyl (C=O) groups excluding carboxylic acids is 6. The number of imide groups is 2. The van der Waals surface area contributed by atoms with Gasteiger partial charge in [-0.25, -0.2) is 34.6 Å². The summed E-state index contributed by atoms with van der Waals surface area (Å²) in [6.45, 7) is 16.2. The Morgan fingerprint density at radius 1 is 0.471 bits per heavy atom. The molecule has 0 radical (unpaired) electrons. The second-order valence-electron chi connectivity index (χ2n) is 23.2. The summed E-state index contributed by atoms with van der Waals surface area (Å²) in [6, 6.07) is -0.459. The maximum absolute atomic E-state index is 11.7. The highest BCUT2D eigenvalue weighted by atomic mass is 35.5. The molecule has 0 aromatic heterocycles. The minimum absolute atomic E-state index is 0. The SMILES string of the molecule is C.CCCCCCCCCCCCCCCCOC(=O)NC(=O)NCC[NH+]1CCCC1.CCCCCCCCCCCCCCCCOC(=O)NC(=O)OCCCCCCCCCCCCCCCC.NCCN1CCCC1.O=C=NC(=O)Cl.[Cl-]. The van der Waals surface area contributed by atoms with Gasteiger partial charge in [-0.05, 0) is 56.8 Å². The molecule has 85 heavy (non-hydrogen) atoms. The number of ether oxygens (including phenoxy) is 3. The van der Waals surface area contributed by atoms with Crippen LogP contribution >= 0.6 is 11.6 Å². The van der Waals surface area contributed by atoms with Crippen molar-refractivity contribution in [1.29, 1.82) is 0 Å². The fraction of sp³-hybridized carbons (Fsp3) is 0.910. The molecule has 0 unspecified atom stereocenters. The van der Waals surface area contributed by atoms with Gasteiger partial charge in [-0.1, -0.05) is 279 Å². The number of unbranched alkanes of at least 4 members (excludes halogenated alkanes) is 39. The second-order valence-corrected chi connectivity index (χ2v) is 23.5. The van der Waals surface area contributed by atoms with Gasteiger partial charge in [0.25, 0.3) is 0 Å². The molecule has 0 spiro atoms. The molecule has 0 aromatic rings. The minimum Gasteiger partial charge on any atom is -1.00 e. The van der Waals surface area contributed by atoms with Gasteiger partial charge in [-0.15, -0.1) is 4.99 Å². The number of quaternary nitrogens is 1. The number of halogens is 2. The molecule has 2 aliphatic rings. The number of nitrogens with two attached hydrogens (primary N) is 1. The van der Waals surface area contributed by atoms with E-state index in [0.29, 0.717) is 26.4 Å². The molecule has 6 N–H and O–H groups in total. The zero-order valence-electron chi connectivity index (χ0n) is 54.2. The Balaban J connectivity index is -0.000000623. The summed E-state index contributed by atoms with van der Waals surface area (Å²) in [5.74, 6) is 0. The number of amides is 6. The topological polar surface area (TPSA) is 212 Å². The van der Waals surface area contributed by atoms with Crippen LogP contribution in [0.3, 0.4) is 0 Å². The summed E-state index contributed by atoms with van der Waals surface area (Å²) >= 11 is 4.51. The van der Waals surface area contributed by atoms with Gasteiger partial charge >= 0.3 is 29.7 Å². The lowest BCUT2D eigenvalue weighted by Crippen LogP contribution is -3.10. The van der Waals surface area contributed by atoms with Crippen LogP contribution in [-0.2, 0) is 19.0 Å². The third kappa shape index (κ3) is 75.2. The van der Waals surface area contributed by atoms with E-state index < -0.39 is 29.7 Å². The number of nitrogens with zero attached hydrogens (tertiary/aromatic N) is 2. The number of hydrogen-bond donors (Lipinski definition) is 5. The maximum Gasteiger partial charge on any atom is 0.416 e. The summed E-state index contributed by atoms with van der Waals surface area (Å²) in [5.41, 5.74) is 5.37. The Bertz CT molecular complexity index is 1440. The van der Waals surface area contributed by atoms with Crippen LogP contribution in [0, 0.1) is 0 Å². The normalized spacial score (nSPS) is 12.5. The fourth-order valence-corrected chi connectivity index (χ4v) is 10.4. The maximum atomic E-state index is 11.7. The van der Waals surface area contributed by atoms with E-state index in [4.69, 9.17) is 24.7 Å². The first-order chi connectivity index (χ1) is 40.6. The number of alkyl carbamates (subject to hydrolysis) is 3. The van der Waals surface area contributed by atoms with E-state index in [1.807, 2.05) is 0 Å². The number of aliphatic imine (C=N–C) groups is 1. The summed E-state index contributed by atoms with van der Waals surface area (Å²) < 4.78 is 15.3. The molecule has 0 bridgehead atoms. The van der Waals surface area contributed by atoms with Crippen molar-refractivity contribution < 1.29 is 60.3 Å². The number of likely N-dealkylation sites (tertiary alicyclic amines) is 2. The molecule has 2 fully saturated rings. The largest absolute Gasteiger partial charge is 1.00 e. The molecule has 2 rings (SSSR count). The molecule has 2 saturated heterocycles. The molecule has 6 amide bonds. The molecule has 2 aliphatic heterocycles. The molecule has 16 nitrogen and oxygen atoms in total. The number of urea groups is 1. The van der Waals surface area contributed by atoms with E-state index in [2.05, 4.69) is 58.2 Å². The van der Waals surface area contributed by atoms with Gasteiger partial charge in [0, 0.05) is 25.9 Å². The van der Waals surface area contributed by atoms with Gasteiger partial charge in [0.05, 0.1) is 46.0 Å². The number of nitrogens with one attached hydrogen (secondary N) is 4. The molecule has 0 saturated carbocycles. The summed E-state index contributed by atoms with van der Waals surface area (Å²) in [6.07, 6.45) is 58.6. The van der Waals surface area contributed by atoms with Crippen LogP contribution in [0.25, 0.3) is 0 Å². The van der Waals surface area contributed by atoms with Crippen molar-refractivity contribution in [2.24, 2.45) is 10.7 Å². The number of hydrogen-bond acceptors (Lipinski definition) is 11. The van der Waals surface area contributed by atoms with Gasteiger partial charge < -0.3 is 47.5 Å². The standard InChI is InChI=1S/C34H67NO4.C24H47N3O3.C6H14N2.C2ClNO2.CH4.ClH/c1-3-5-7-9-11-13-15-17-19-21-23-25-27-29-31-38-33(36)35-34(37)39-32-30-28-26-24-22-20-18-16-14-12-10-8-6-4-2;1-2-3-4-5-6-7-8-9-10-11-12-13-14-17-22-30-24(29)26-23(28)25-18-21-27-19-15-16-20-27;7-3-6-8-4-1-2-5-8;3-2(6)4-1-5;;/h3-32H2,1-2H3,(H,35,36,37);2-22H2,1H3,(H2,25,26,28,29);1-7H2;;1H4;1H. The number of carbonyl (C=O) groups is 5. The van der Waals surface area contributed by atoms with Crippen molar-refractivity contribution in [2.75, 3.05) is 72.2 Å². The second kappa shape index (κ2) is 75.2. The molecular formula is C67H133Cl2N7O9. The minimum atomic E-state index is -1.04. The van der Waals surface area contributed by atoms with Gasteiger partial charge in [-0.3, -0.25) is 4.79 Å². The van der Waals surface area contributed by atoms with Crippen LogP contribution < -0.4 is 39.0 Å². The third-order valence-electron chi connectivity index (χ3n) is 15.5. The fourth-order valence-electron chi connectivity index (χ4n) is 10.4. The molecule has 0 aromatic carbocycles. The zero-order valence-corrected chi connectivity index (χ0v) is 55.7. The zero-order chi connectivity index (χ0) is 61.0. The molecule has 2 heterocycles. The Hall–Kier alpha value is -3.01. The van der Waals surface area contributed by atoms with Crippen molar-refractivity contribution in [3.05, 3.63) is 0 Å². The van der Waals surface area contributed by atoms with E-state index in [9.17, 15) is 24.0 Å². The van der Waals surface area contributed by atoms with E-state index in [1.54, 1.807) is 0 Å². The molecule has 18 heteroatoms. The van der Waals surface area contributed by atoms with Crippen LogP contribution in [0.2, 0.25) is 0 Å². The van der Waals surface area contributed by atoms with Crippen LogP contribution in [0.1, 0.15) is 324 Å². The Morgan fingerprint density at radius 3 is 1.01 bits per heavy atom. The highest BCUT2D eigenvalue weighted by Crippen LogP contribution is 2.16. The molecule has 0 aliphatic carbocycles. The first-order valence-corrected chi connectivity index (χ1v) is 34.9. The summed E-state index contributed by atoms with van der Waals surface area (Å²) in [7, 11) is 0. The number of rotatable bonds is 50. The summed E-state index contributed by atoms with van der Waals surface area (Å²) in [5, 5.41) is 6.08. The van der Waals surface area contributed by atoms with Gasteiger partial charge in [0.1, 0.15) is 0 Å². The quantitative estimate of drug-likeness (QED) is 0.00965. The van der Waals surface area contributed by atoms with Crippen molar-refractivity contribution in [1.82, 2.24) is 20.9 Å². The number of isocyanates is 1. The highest BCUT2D eigenvalue weighted by molar-refractivity contribution is 6.63. The van der Waals surface area contributed by atoms with Crippen LogP contribution in [0.5, 0.6) is 0 Å². The predicted molar refractivity (Wildman–Crippen MR) is 350 cm³/mol.